The Morgan fingerprint density at radius 3 is 2.63 bits per heavy atom. The number of rotatable bonds is 4. The van der Waals surface area contributed by atoms with Gasteiger partial charge in [0.15, 0.2) is 0 Å². The molecule has 4 rings (SSSR count). The van der Waals surface area contributed by atoms with Crippen LogP contribution in [-0.4, -0.2) is 15.5 Å². The first kappa shape index (κ1) is 17.5. The van der Waals surface area contributed by atoms with Crippen molar-refractivity contribution in [3.8, 4) is 0 Å². The molecule has 5 nitrogen and oxygen atoms in total. The van der Waals surface area contributed by atoms with Crippen LogP contribution in [0.2, 0.25) is 0 Å². The fraction of sp³-hybridized carbons (Fsp3) is 0.318. The molecule has 0 bridgehead atoms. The van der Waals surface area contributed by atoms with Gasteiger partial charge in [0.2, 0.25) is 5.43 Å². The Morgan fingerprint density at radius 1 is 1.19 bits per heavy atom. The highest BCUT2D eigenvalue weighted by Gasteiger charge is 2.35. The maximum Gasteiger partial charge on any atom is 0.257 e. The normalized spacial score (nSPS) is 14.9. The maximum atomic E-state index is 13.0. The Labute approximate surface area is 158 Å². The van der Waals surface area contributed by atoms with Crippen molar-refractivity contribution < 1.29 is 4.79 Å². The van der Waals surface area contributed by atoms with Gasteiger partial charge < -0.3 is 9.88 Å². The molecule has 1 fully saturated rings. The predicted octanol–water partition coefficient (Wildman–Crippen LogP) is 3.43. The number of pyridine rings is 2. The Kier molecular flexibility index (Phi) is 4.30. The van der Waals surface area contributed by atoms with Crippen LogP contribution in [0.1, 0.15) is 46.1 Å². The van der Waals surface area contributed by atoms with Gasteiger partial charge >= 0.3 is 0 Å². The molecular formula is C22H23N3O2. The first-order valence-electron chi connectivity index (χ1n) is 9.27. The van der Waals surface area contributed by atoms with Gasteiger partial charge in [-0.2, -0.15) is 0 Å². The average molecular weight is 361 g/mol. The van der Waals surface area contributed by atoms with E-state index >= 15 is 0 Å². The number of nitrogens with zero attached hydrogens (tertiary/aromatic N) is 2. The van der Waals surface area contributed by atoms with Crippen molar-refractivity contribution in [1.29, 1.82) is 0 Å². The van der Waals surface area contributed by atoms with E-state index in [0.717, 1.165) is 35.2 Å². The molecular weight excluding hydrogens is 338 g/mol. The fourth-order valence-electron chi connectivity index (χ4n) is 3.58. The Hall–Kier alpha value is -2.95. The number of nitrogens with one attached hydrogen (secondary N) is 1. The number of fused-ring (bicyclic) bond motifs is 1. The van der Waals surface area contributed by atoms with Crippen molar-refractivity contribution in [2.75, 3.05) is 0 Å². The molecule has 0 saturated heterocycles. The summed E-state index contributed by atoms with van der Waals surface area (Å²) in [6, 6.07) is 9.51. The summed E-state index contributed by atoms with van der Waals surface area (Å²) >= 11 is 0. The van der Waals surface area contributed by atoms with Gasteiger partial charge in [-0.1, -0.05) is 11.6 Å². The van der Waals surface area contributed by atoms with E-state index in [1.54, 1.807) is 12.4 Å². The molecule has 1 amide bonds. The second-order valence-electron chi connectivity index (χ2n) is 7.55. The number of aryl methyl sites for hydroxylation is 3. The Bertz CT molecular complexity index is 1100. The third-order valence-electron chi connectivity index (χ3n) is 5.22. The van der Waals surface area contributed by atoms with Gasteiger partial charge in [0.1, 0.15) is 5.56 Å². The number of benzene rings is 1. The summed E-state index contributed by atoms with van der Waals surface area (Å²) in [6.07, 6.45) is 5.53. The molecule has 0 aliphatic heterocycles. The van der Waals surface area contributed by atoms with Gasteiger partial charge in [0.05, 0.1) is 17.3 Å². The van der Waals surface area contributed by atoms with Gasteiger partial charge in [-0.05, 0) is 62.4 Å². The zero-order chi connectivity index (χ0) is 19.1. The molecule has 0 spiro atoms. The molecule has 5 heteroatoms. The molecule has 1 aromatic carbocycles. The van der Waals surface area contributed by atoms with E-state index in [9.17, 15) is 9.59 Å². The summed E-state index contributed by atoms with van der Waals surface area (Å²) in [5.41, 5.74) is 3.74. The smallest absolute Gasteiger partial charge is 0.257 e. The molecule has 1 aliphatic rings. The van der Waals surface area contributed by atoms with E-state index in [-0.39, 0.29) is 22.9 Å². The summed E-state index contributed by atoms with van der Waals surface area (Å²) in [6.45, 7) is 3.95. The molecule has 1 atom stereocenters. The minimum absolute atomic E-state index is 0.157. The fourth-order valence-corrected chi connectivity index (χ4v) is 3.58. The van der Waals surface area contributed by atoms with E-state index < -0.39 is 0 Å². The third-order valence-corrected chi connectivity index (χ3v) is 5.22. The van der Waals surface area contributed by atoms with Crippen molar-refractivity contribution >= 4 is 16.8 Å². The second kappa shape index (κ2) is 6.65. The predicted molar refractivity (Wildman–Crippen MR) is 106 cm³/mol. The van der Waals surface area contributed by atoms with E-state index in [1.165, 1.54) is 0 Å². The van der Waals surface area contributed by atoms with Crippen LogP contribution < -0.4 is 10.7 Å². The number of carbonyl (C=O) groups is 1. The quantitative estimate of drug-likeness (QED) is 0.774. The number of amides is 1. The standard InChI is InChI=1S/C22H23N3O2/c1-13-4-7-19-16(10-13)21(26)17(12-25(19)3)22(27)24-20(15-5-6-15)18-11-14(2)8-9-23-18/h4,7-12,15,20H,5-6H2,1-3H3,(H,24,27). The summed E-state index contributed by atoms with van der Waals surface area (Å²) in [5.74, 6) is 0.0500. The topological polar surface area (TPSA) is 64.0 Å². The first-order valence-corrected chi connectivity index (χ1v) is 9.27. The molecule has 0 radical (unpaired) electrons. The lowest BCUT2D eigenvalue weighted by atomic mass is 10.0. The molecule has 2 aromatic heterocycles. The lowest BCUT2D eigenvalue weighted by Gasteiger charge is -2.19. The SMILES string of the molecule is Cc1ccnc(C(NC(=O)c2cn(C)c3ccc(C)cc3c2=O)C2CC2)c1. The number of hydrogen-bond acceptors (Lipinski definition) is 3. The Balaban J connectivity index is 1.72. The van der Waals surface area contributed by atoms with Crippen LogP contribution in [0.25, 0.3) is 10.9 Å². The van der Waals surface area contributed by atoms with Crippen LogP contribution in [0.15, 0.2) is 47.5 Å². The zero-order valence-corrected chi connectivity index (χ0v) is 15.8. The highest BCUT2D eigenvalue weighted by molar-refractivity contribution is 5.97. The van der Waals surface area contributed by atoms with E-state index in [1.807, 2.05) is 55.8 Å². The van der Waals surface area contributed by atoms with Gasteiger partial charge in [0, 0.05) is 24.8 Å². The lowest BCUT2D eigenvalue weighted by molar-refractivity contribution is 0.0929. The van der Waals surface area contributed by atoms with Crippen LogP contribution in [0, 0.1) is 19.8 Å². The van der Waals surface area contributed by atoms with Gasteiger partial charge in [-0.15, -0.1) is 0 Å². The maximum absolute atomic E-state index is 13.0. The highest BCUT2D eigenvalue weighted by atomic mass is 16.2. The molecule has 27 heavy (non-hydrogen) atoms. The highest BCUT2D eigenvalue weighted by Crippen LogP contribution is 2.40. The number of hydrogen-bond donors (Lipinski definition) is 1. The number of aromatic nitrogens is 2. The van der Waals surface area contributed by atoms with Crippen molar-refractivity contribution in [2.24, 2.45) is 13.0 Å². The minimum Gasteiger partial charge on any atom is -0.350 e. The molecule has 1 aliphatic carbocycles. The van der Waals surface area contributed by atoms with Crippen molar-refractivity contribution in [3.05, 3.63) is 75.3 Å². The van der Waals surface area contributed by atoms with E-state index in [0.29, 0.717) is 11.3 Å². The van der Waals surface area contributed by atoms with Crippen molar-refractivity contribution in [3.63, 3.8) is 0 Å². The first-order chi connectivity index (χ1) is 12.9. The van der Waals surface area contributed by atoms with Crippen LogP contribution in [0.3, 0.4) is 0 Å². The van der Waals surface area contributed by atoms with Crippen LogP contribution in [0.4, 0.5) is 0 Å². The zero-order valence-electron chi connectivity index (χ0n) is 15.8. The van der Waals surface area contributed by atoms with E-state index in [2.05, 4.69) is 10.3 Å². The van der Waals surface area contributed by atoms with Crippen molar-refractivity contribution in [2.45, 2.75) is 32.7 Å². The van der Waals surface area contributed by atoms with Crippen molar-refractivity contribution in [1.82, 2.24) is 14.9 Å². The van der Waals surface area contributed by atoms with E-state index in [4.69, 9.17) is 0 Å². The lowest BCUT2D eigenvalue weighted by Crippen LogP contribution is -2.34. The molecule has 1 saturated carbocycles. The third kappa shape index (κ3) is 3.37. The summed E-state index contributed by atoms with van der Waals surface area (Å²) in [4.78, 5) is 30.4. The van der Waals surface area contributed by atoms with Gasteiger partial charge in [-0.25, -0.2) is 0 Å². The number of carbonyl (C=O) groups excluding carboxylic acids is 1. The molecule has 3 aromatic rings. The Morgan fingerprint density at radius 2 is 1.93 bits per heavy atom. The second-order valence-corrected chi connectivity index (χ2v) is 7.55. The summed E-state index contributed by atoms with van der Waals surface area (Å²) in [5, 5.41) is 3.64. The van der Waals surface area contributed by atoms with Gasteiger partial charge in [0.25, 0.3) is 5.91 Å². The van der Waals surface area contributed by atoms with Crippen LogP contribution >= 0.6 is 0 Å². The molecule has 1 N–H and O–H groups in total. The van der Waals surface area contributed by atoms with Crippen LogP contribution in [0.5, 0.6) is 0 Å². The average Bonchev–Trinajstić information content (AvgIpc) is 3.47. The summed E-state index contributed by atoms with van der Waals surface area (Å²) < 4.78 is 1.84. The minimum atomic E-state index is -0.334. The monoisotopic (exact) mass is 361 g/mol. The molecule has 138 valence electrons. The molecule has 2 heterocycles. The van der Waals surface area contributed by atoms with Gasteiger partial charge in [-0.3, -0.25) is 14.6 Å². The molecule has 1 unspecified atom stereocenters. The summed E-state index contributed by atoms with van der Waals surface area (Å²) in [7, 11) is 1.86. The van der Waals surface area contributed by atoms with Crippen LogP contribution in [-0.2, 0) is 7.05 Å². The largest absolute Gasteiger partial charge is 0.350 e.